The van der Waals surface area contributed by atoms with Crippen molar-refractivity contribution in [3.05, 3.63) is 41.1 Å². The largest absolute Gasteiger partial charge is 0.263 e. The minimum Gasteiger partial charge on any atom is -0.263 e. The molecule has 0 saturated heterocycles. The number of thiophene rings is 1. The second kappa shape index (κ2) is 3.04. The normalized spacial score (nSPS) is 11.2. The Morgan fingerprint density at radius 2 is 1.93 bits per heavy atom. The summed E-state index contributed by atoms with van der Waals surface area (Å²) in [6, 6.07) is 8.42. The van der Waals surface area contributed by atoms with Gasteiger partial charge in [-0.2, -0.15) is 0 Å². The highest BCUT2D eigenvalue weighted by Crippen LogP contribution is 2.36. The van der Waals surface area contributed by atoms with Crippen molar-refractivity contribution in [3.63, 3.8) is 0 Å². The van der Waals surface area contributed by atoms with E-state index < -0.39 is 0 Å². The fraction of sp³-hybridized carbons (Fsp3) is 0. The summed E-state index contributed by atoms with van der Waals surface area (Å²) in [7, 11) is 0. The highest BCUT2D eigenvalue weighted by Gasteiger charge is 2.06. The van der Waals surface area contributed by atoms with Gasteiger partial charge in [-0.15, -0.1) is 11.3 Å². The van der Waals surface area contributed by atoms with Crippen LogP contribution in [0.25, 0.3) is 20.2 Å². The molecule has 68 valence electrons. The Bertz CT molecular complexity index is 615. The Labute approximate surface area is 93.5 Å². The van der Waals surface area contributed by atoms with Gasteiger partial charge in [-0.1, -0.05) is 18.2 Å². The lowest BCUT2D eigenvalue weighted by Gasteiger charge is -1.91. The lowest BCUT2D eigenvalue weighted by atomic mass is 10.2. The van der Waals surface area contributed by atoms with Gasteiger partial charge in [0.25, 0.3) is 0 Å². The second-order valence-corrected chi connectivity index (χ2v) is 5.00. The van der Waals surface area contributed by atoms with Gasteiger partial charge in [-0.3, -0.25) is 4.98 Å². The number of pyridine rings is 1. The number of halogens is 1. The molecule has 14 heavy (non-hydrogen) atoms. The van der Waals surface area contributed by atoms with E-state index in [1.165, 1.54) is 20.2 Å². The number of hydrogen-bond donors (Lipinski definition) is 0. The van der Waals surface area contributed by atoms with Gasteiger partial charge in [-0.25, -0.2) is 0 Å². The third-order valence-corrected chi connectivity index (χ3v) is 4.33. The maximum atomic E-state index is 4.19. The maximum absolute atomic E-state index is 4.19. The molecular formula is C11H6BrNS. The Morgan fingerprint density at radius 3 is 2.86 bits per heavy atom. The van der Waals surface area contributed by atoms with Crippen LogP contribution in [0.5, 0.6) is 0 Å². The summed E-state index contributed by atoms with van der Waals surface area (Å²) in [5.74, 6) is 0. The lowest BCUT2D eigenvalue weighted by molar-refractivity contribution is 1.36. The molecule has 0 saturated carbocycles. The van der Waals surface area contributed by atoms with E-state index in [2.05, 4.69) is 45.2 Å². The third kappa shape index (κ3) is 1.09. The van der Waals surface area contributed by atoms with Crippen LogP contribution < -0.4 is 0 Å². The highest BCUT2D eigenvalue weighted by atomic mass is 79.9. The molecule has 3 rings (SSSR count). The Kier molecular flexibility index (Phi) is 1.82. The molecule has 1 nitrogen and oxygen atoms in total. The molecule has 0 bridgehead atoms. The summed E-state index contributed by atoms with van der Waals surface area (Å²) < 4.78 is 3.67. The van der Waals surface area contributed by atoms with Crippen LogP contribution in [0.1, 0.15) is 0 Å². The number of rotatable bonds is 0. The quantitative estimate of drug-likeness (QED) is 0.592. The Hall–Kier alpha value is -0.930. The zero-order chi connectivity index (χ0) is 9.54. The van der Waals surface area contributed by atoms with E-state index in [9.17, 15) is 0 Å². The van der Waals surface area contributed by atoms with Gasteiger partial charge in [0.05, 0.1) is 9.17 Å². The monoisotopic (exact) mass is 263 g/mol. The van der Waals surface area contributed by atoms with Gasteiger partial charge in [0, 0.05) is 27.9 Å². The van der Waals surface area contributed by atoms with Crippen LogP contribution >= 0.6 is 27.3 Å². The molecule has 2 heterocycles. The van der Waals surface area contributed by atoms with Gasteiger partial charge in [0.15, 0.2) is 0 Å². The molecule has 0 aliphatic rings. The first kappa shape index (κ1) is 8.38. The molecule has 0 amide bonds. The third-order valence-electron chi connectivity index (χ3n) is 2.24. The lowest BCUT2D eigenvalue weighted by Crippen LogP contribution is -1.71. The summed E-state index contributed by atoms with van der Waals surface area (Å²) in [6.07, 6.45) is 3.77. The molecule has 0 aliphatic heterocycles. The van der Waals surface area contributed by atoms with Gasteiger partial charge in [0.2, 0.25) is 0 Å². The molecule has 0 aliphatic carbocycles. The predicted molar refractivity (Wildman–Crippen MR) is 64.8 cm³/mol. The molecule has 0 fully saturated rings. The van der Waals surface area contributed by atoms with Crippen LogP contribution in [-0.2, 0) is 0 Å². The number of nitrogens with zero attached hydrogens (tertiary/aromatic N) is 1. The van der Waals surface area contributed by atoms with Crippen molar-refractivity contribution >= 4 is 47.4 Å². The molecule has 0 radical (unpaired) electrons. The van der Waals surface area contributed by atoms with Gasteiger partial charge in [0.1, 0.15) is 0 Å². The Balaban J connectivity index is 2.63. The van der Waals surface area contributed by atoms with Crippen LogP contribution in [0.3, 0.4) is 0 Å². The average molecular weight is 264 g/mol. The first-order valence-electron chi connectivity index (χ1n) is 4.27. The molecule has 0 unspecified atom stereocenters. The van der Waals surface area contributed by atoms with E-state index in [1.54, 1.807) is 11.3 Å². The van der Waals surface area contributed by atoms with Crippen molar-refractivity contribution in [1.82, 2.24) is 4.98 Å². The molecular weight excluding hydrogens is 258 g/mol. The van der Waals surface area contributed by atoms with Crippen molar-refractivity contribution in [2.75, 3.05) is 0 Å². The number of benzene rings is 1. The first-order valence-corrected chi connectivity index (χ1v) is 5.88. The van der Waals surface area contributed by atoms with E-state index in [1.807, 2.05) is 12.4 Å². The topological polar surface area (TPSA) is 12.9 Å². The zero-order valence-electron chi connectivity index (χ0n) is 7.20. The highest BCUT2D eigenvalue weighted by molar-refractivity contribution is 9.10. The molecule has 3 heteroatoms. The summed E-state index contributed by atoms with van der Waals surface area (Å²) in [5, 5.41) is 2.53. The van der Waals surface area contributed by atoms with Crippen molar-refractivity contribution in [3.8, 4) is 0 Å². The number of fused-ring (bicyclic) bond motifs is 3. The van der Waals surface area contributed by atoms with Crippen molar-refractivity contribution < 1.29 is 0 Å². The fourth-order valence-corrected chi connectivity index (χ4v) is 3.26. The minimum atomic E-state index is 1.08. The summed E-state index contributed by atoms with van der Waals surface area (Å²) in [6.45, 7) is 0. The smallest absolute Gasteiger partial charge is 0.0537 e. The summed E-state index contributed by atoms with van der Waals surface area (Å²) in [4.78, 5) is 4.19. The molecule has 0 atom stereocenters. The predicted octanol–water partition coefficient (Wildman–Crippen LogP) is 4.21. The first-order chi connectivity index (χ1) is 6.86. The van der Waals surface area contributed by atoms with Gasteiger partial charge in [-0.05, 0) is 22.0 Å². The SMILES string of the molecule is Brc1cncc2c1sc1ccccc12. The Morgan fingerprint density at radius 1 is 1.07 bits per heavy atom. The van der Waals surface area contributed by atoms with E-state index in [-0.39, 0.29) is 0 Å². The fourth-order valence-electron chi connectivity index (χ4n) is 1.61. The van der Waals surface area contributed by atoms with E-state index >= 15 is 0 Å². The standard InChI is InChI=1S/C11H6BrNS/c12-9-6-13-5-8-7-3-1-2-4-10(7)14-11(8)9/h1-6H. The van der Waals surface area contributed by atoms with E-state index in [0.717, 1.165) is 4.47 Å². The molecule has 3 aromatic rings. The van der Waals surface area contributed by atoms with Crippen molar-refractivity contribution in [1.29, 1.82) is 0 Å². The number of hydrogen-bond acceptors (Lipinski definition) is 2. The van der Waals surface area contributed by atoms with Crippen LogP contribution in [-0.4, -0.2) is 4.98 Å². The molecule has 0 N–H and O–H groups in total. The zero-order valence-corrected chi connectivity index (χ0v) is 9.60. The summed E-state index contributed by atoms with van der Waals surface area (Å²) in [5.41, 5.74) is 0. The van der Waals surface area contributed by atoms with Crippen molar-refractivity contribution in [2.24, 2.45) is 0 Å². The second-order valence-electron chi connectivity index (χ2n) is 3.10. The van der Waals surface area contributed by atoms with E-state index in [4.69, 9.17) is 0 Å². The maximum Gasteiger partial charge on any atom is 0.0537 e. The van der Waals surface area contributed by atoms with Crippen LogP contribution in [0.15, 0.2) is 41.1 Å². The molecule has 1 aromatic carbocycles. The number of aromatic nitrogens is 1. The summed E-state index contributed by atoms with van der Waals surface area (Å²) >= 11 is 5.32. The van der Waals surface area contributed by atoms with Crippen LogP contribution in [0.4, 0.5) is 0 Å². The van der Waals surface area contributed by atoms with E-state index in [0.29, 0.717) is 0 Å². The molecule has 2 aromatic heterocycles. The van der Waals surface area contributed by atoms with Gasteiger partial charge < -0.3 is 0 Å². The minimum absolute atomic E-state index is 1.08. The average Bonchev–Trinajstić information content (AvgIpc) is 2.59. The molecule has 0 spiro atoms. The van der Waals surface area contributed by atoms with Crippen LogP contribution in [0.2, 0.25) is 0 Å². The van der Waals surface area contributed by atoms with Crippen molar-refractivity contribution in [2.45, 2.75) is 0 Å². The van der Waals surface area contributed by atoms with Crippen LogP contribution in [0, 0.1) is 0 Å². The van der Waals surface area contributed by atoms with Gasteiger partial charge >= 0.3 is 0 Å².